The third-order valence-corrected chi connectivity index (χ3v) is 5.12. The van der Waals surface area contributed by atoms with Gasteiger partial charge in [-0.3, -0.25) is 0 Å². The summed E-state index contributed by atoms with van der Waals surface area (Å²) >= 11 is 0. The van der Waals surface area contributed by atoms with Gasteiger partial charge in [0.1, 0.15) is 0 Å². The molecule has 5 heteroatoms. The summed E-state index contributed by atoms with van der Waals surface area (Å²) in [6, 6.07) is 7.17. The van der Waals surface area contributed by atoms with Gasteiger partial charge in [-0.25, -0.2) is 8.42 Å². The van der Waals surface area contributed by atoms with Crippen LogP contribution in [0.5, 0.6) is 0 Å². The monoisotopic (exact) mass is 250 g/mol. The van der Waals surface area contributed by atoms with Crippen LogP contribution in [0, 0.1) is 0 Å². The van der Waals surface area contributed by atoms with Gasteiger partial charge in [-0.1, -0.05) is 6.07 Å². The van der Waals surface area contributed by atoms with Gasteiger partial charge in [0.05, 0.1) is 4.90 Å². The van der Waals surface area contributed by atoms with Crippen molar-refractivity contribution in [2.75, 3.05) is 13.1 Å². The SMILES string of the molecule is O=S(=O)(c1ccc2cc[nH]c2c1)N1CCCC1. The first-order valence-electron chi connectivity index (χ1n) is 5.75. The number of sulfonamides is 1. The van der Waals surface area contributed by atoms with Gasteiger partial charge in [-0.2, -0.15) is 4.31 Å². The number of rotatable bonds is 2. The Balaban J connectivity index is 2.07. The Bertz CT molecular complexity index is 639. The Kier molecular flexibility index (Phi) is 2.45. The molecule has 90 valence electrons. The molecule has 1 aromatic heterocycles. The first-order chi connectivity index (χ1) is 8.18. The van der Waals surface area contributed by atoms with E-state index in [1.165, 1.54) is 0 Å². The molecule has 0 aliphatic carbocycles. The van der Waals surface area contributed by atoms with Crippen molar-refractivity contribution in [3.8, 4) is 0 Å². The molecule has 0 radical (unpaired) electrons. The summed E-state index contributed by atoms with van der Waals surface area (Å²) in [5, 5.41) is 1.03. The van der Waals surface area contributed by atoms with E-state index in [1.54, 1.807) is 16.4 Å². The fourth-order valence-electron chi connectivity index (χ4n) is 2.26. The summed E-state index contributed by atoms with van der Waals surface area (Å²) in [5.41, 5.74) is 0.866. The molecule has 1 saturated heterocycles. The first kappa shape index (κ1) is 10.8. The van der Waals surface area contributed by atoms with Crippen LogP contribution in [0.15, 0.2) is 35.4 Å². The lowest BCUT2D eigenvalue weighted by Crippen LogP contribution is -2.27. The van der Waals surface area contributed by atoms with Crippen LogP contribution in [0.25, 0.3) is 10.9 Å². The van der Waals surface area contributed by atoms with E-state index < -0.39 is 10.0 Å². The van der Waals surface area contributed by atoms with Gasteiger partial charge >= 0.3 is 0 Å². The Morgan fingerprint density at radius 1 is 1.12 bits per heavy atom. The molecule has 4 nitrogen and oxygen atoms in total. The zero-order chi connectivity index (χ0) is 11.9. The number of fused-ring (bicyclic) bond motifs is 1. The van der Waals surface area contributed by atoms with Crippen LogP contribution < -0.4 is 0 Å². The molecule has 0 atom stereocenters. The van der Waals surface area contributed by atoms with Gasteiger partial charge < -0.3 is 4.98 Å². The van der Waals surface area contributed by atoms with E-state index in [2.05, 4.69) is 4.98 Å². The minimum Gasteiger partial charge on any atom is -0.361 e. The lowest BCUT2D eigenvalue weighted by molar-refractivity contribution is 0.477. The van der Waals surface area contributed by atoms with Crippen LogP contribution in [-0.4, -0.2) is 30.8 Å². The van der Waals surface area contributed by atoms with Crippen molar-refractivity contribution < 1.29 is 8.42 Å². The number of benzene rings is 1. The second-order valence-electron chi connectivity index (χ2n) is 4.34. The van der Waals surface area contributed by atoms with Gasteiger partial charge in [0.2, 0.25) is 10.0 Å². The van der Waals surface area contributed by atoms with Crippen molar-refractivity contribution in [3.63, 3.8) is 0 Å². The lowest BCUT2D eigenvalue weighted by Gasteiger charge is -2.15. The normalized spacial score (nSPS) is 17.9. The van der Waals surface area contributed by atoms with Crippen LogP contribution in [-0.2, 0) is 10.0 Å². The zero-order valence-electron chi connectivity index (χ0n) is 9.39. The van der Waals surface area contributed by atoms with Crippen molar-refractivity contribution >= 4 is 20.9 Å². The van der Waals surface area contributed by atoms with Gasteiger partial charge in [0.15, 0.2) is 0 Å². The third kappa shape index (κ3) is 1.75. The zero-order valence-corrected chi connectivity index (χ0v) is 10.2. The second kappa shape index (κ2) is 3.85. The fourth-order valence-corrected chi connectivity index (χ4v) is 3.81. The maximum Gasteiger partial charge on any atom is 0.243 e. The standard InChI is InChI=1S/C12H14N2O2S/c15-17(16,14-7-1-2-8-14)11-4-3-10-5-6-13-12(10)9-11/h3-6,9,13H,1-2,7-8H2. The summed E-state index contributed by atoms with van der Waals surface area (Å²) in [5.74, 6) is 0. The van der Waals surface area contributed by atoms with Crippen molar-refractivity contribution in [1.29, 1.82) is 0 Å². The van der Waals surface area contributed by atoms with E-state index in [9.17, 15) is 8.42 Å². The molecule has 1 aromatic carbocycles. The molecule has 0 unspecified atom stereocenters. The number of aromatic amines is 1. The molecule has 2 aromatic rings. The molecule has 0 amide bonds. The molecule has 1 fully saturated rings. The van der Waals surface area contributed by atoms with E-state index in [-0.39, 0.29) is 0 Å². The van der Waals surface area contributed by atoms with Crippen LogP contribution in [0.2, 0.25) is 0 Å². The molecule has 1 N–H and O–H groups in total. The molecule has 0 spiro atoms. The van der Waals surface area contributed by atoms with Crippen LogP contribution in [0.1, 0.15) is 12.8 Å². The van der Waals surface area contributed by atoms with Crippen LogP contribution in [0.3, 0.4) is 0 Å². The maximum atomic E-state index is 12.3. The second-order valence-corrected chi connectivity index (χ2v) is 6.28. The molecule has 17 heavy (non-hydrogen) atoms. The highest BCUT2D eigenvalue weighted by molar-refractivity contribution is 7.89. The van der Waals surface area contributed by atoms with Gasteiger partial charge in [-0.15, -0.1) is 0 Å². The predicted molar refractivity (Wildman–Crippen MR) is 66.3 cm³/mol. The quantitative estimate of drug-likeness (QED) is 0.885. The average molecular weight is 250 g/mol. The summed E-state index contributed by atoms with van der Waals surface area (Å²) < 4.78 is 26.2. The van der Waals surface area contributed by atoms with E-state index >= 15 is 0 Å². The number of aromatic nitrogens is 1. The smallest absolute Gasteiger partial charge is 0.243 e. The highest BCUT2D eigenvalue weighted by atomic mass is 32.2. The van der Waals surface area contributed by atoms with Gasteiger partial charge in [0.25, 0.3) is 0 Å². The van der Waals surface area contributed by atoms with E-state index in [0.29, 0.717) is 18.0 Å². The number of hydrogen-bond donors (Lipinski definition) is 1. The molecule has 0 bridgehead atoms. The Morgan fingerprint density at radius 2 is 1.88 bits per heavy atom. The Labute approximate surface area is 100 Å². The highest BCUT2D eigenvalue weighted by Gasteiger charge is 2.27. The van der Waals surface area contributed by atoms with Crippen LogP contribution in [0.4, 0.5) is 0 Å². The van der Waals surface area contributed by atoms with Crippen molar-refractivity contribution in [1.82, 2.24) is 9.29 Å². The molecule has 1 aliphatic heterocycles. The van der Waals surface area contributed by atoms with Crippen molar-refractivity contribution in [2.24, 2.45) is 0 Å². The predicted octanol–water partition coefficient (Wildman–Crippen LogP) is 1.95. The summed E-state index contributed by atoms with van der Waals surface area (Å²) in [6.45, 7) is 1.29. The van der Waals surface area contributed by atoms with Gasteiger partial charge in [0, 0.05) is 24.8 Å². The number of H-pyrrole nitrogens is 1. The van der Waals surface area contributed by atoms with E-state index in [1.807, 2.05) is 18.3 Å². The number of nitrogens with zero attached hydrogens (tertiary/aromatic N) is 1. The topological polar surface area (TPSA) is 53.2 Å². The minimum absolute atomic E-state index is 0.384. The Morgan fingerprint density at radius 3 is 2.65 bits per heavy atom. The summed E-state index contributed by atoms with van der Waals surface area (Å²) in [6.07, 6.45) is 3.74. The van der Waals surface area contributed by atoms with Crippen LogP contribution >= 0.6 is 0 Å². The first-order valence-corrected chi connectivity index (χ1v) is 7.19. The Hall–Kier alpha value is -1.33. The molecular formula is C12H14N2O2S. The molecule has 0 saturated carbocycles. The lowest BCUT2D eigenvalue weighted by atomic mass is 10.2. The third-order valence-electron chi connectivity index (χ3n) is 3.23. The number of nitrogens with one attached hydrogen (secondary N) is 1. The average Bonchev–Trinajstić information content (AvgIpc) is 2.99. The highest BCUT2D eigenvalue weighted by Crippen LogP contribution is 2.23. The van der Waals surface area contributed by atoms with E-state index in [0.717, 1.165) is 23.7 Å². The fraction of sp³-hybridized carbons (Fsp3) is 0.333. The molecular weight excluding hydrogens is 236 g/mol. The minimum atomic E-state index is -3.29. The van der Waals surface area contributed by atoms with Gasteiger partial charge in [-0.05, 0) is 36.4 Å². The number of hydrogen-bond acceptors (Lipinski definition) is 2. The van der Waals surface area contributed by atoms with E-state index in [4.69, 9.17) is 0 Å². The maximum absolute atomic E-state index is 12.3. The summed E-state index contributed by atoms with van der Waals surface area (Å²) in [4.78, 5) is 3.42. The summed E-state index contributed by atoms with van der Waals surface area (Å²) in [7, 11) is -3.29. The van der Waals surface area contributed by atoms with Crippen molar-refractivity contribution in [2.45, 2.75) is 17.7 Å². The molecule has 2 heterocycles. The largest absolute Gasteiger partial charge is 0.361 e. The van der Waals surface area contributed by atoms with Crippen molar-refractivity contribution in [3.05, 3.63) is 30.5 Å². The molecule has 3 rings (SSSR count). The molecule has 1 aliphatic rings.